The van der Waals surface area contributed by atoms with Gasteiger partial charge < -0.3 is 14.5 Å². The first-order valence-electron chi connectivity index (χ1n) is 10.1. The Morgan fingerprint density at radius 3 is 2.70 bits per heavy atom. The van der Waals surface area contributed by atoms with Crippen molar-refractivity contribution in [2.24, 2.45) is 7.05 Å². The first-order chi connectivity index (χ1) is 14.5. The minimum absolute atomic E-state index is 0.0348. The second kappa shape index (κ2) is 8.52. The van der Waals surface area contributed by atoms with Gasteiger partial charge in [0, 0.05) is 45.6 Å². The van der Waals surface area contributed by atoms with E-state index in [0.717, 1.165) is 24.1 Å². The van der Waals surface area contributed by atoms with Crippen molar-refractivity contribution in [2.75, 3.05) is 32.1 Å². The number of carbonyl (C=O) groups is 1. The molecule has 30 heavy (non-hydrogen) atoms. The first kappa shape index (κ1) is 19.9. The smallest absolute Gasteiger partial charge is 0.272 e. The molecule has 0 aliphatic carbocycles. The standard InChI is InChI=1S/C22H26N6O2/c1-26(2)20-21(24-12-11-23-20)30-17-10-7-13-28(15-17)22(29)19-14-18(25-27(19)3)16-8-5-4-6-9-16/h4-6,8-9,11-12,14,17H,7,10,13,15H2,1-3H3. The zero-order chi connectivity index (χ0) is 21.1. The summed E-state index contributed by atoms with van der Waals surface area (Å²) in [6.45, 7) is 1.21. The highest BCUT2D eigenvalue weighted by molar-refractivity contribution is 5.93. The van der Waals surface area contributed by atoms with Gasteiger partial charge in [-0.3, -0.25) is 9.48 Å². The van der Waals surface area contributed by atoms with Crippen molar-refractivity contribution in [3.8, 4) is 17.1 Å². The van der Waals surface area contributed by atoms with Crippen LogP contribution in [0, 0.1) is 0 Å². The Balaban J connectivity index is 1.49. The van der Waals surface area contributed by atoms with E-state index in [-0.39, 0.29) is 12.0 Å². The second-order valence-electron chi connectivity index (χ2n) is 7.62. The molecular weight excluding hydrogens is 380 g/mol. The predicted molar refractivity (Wildman–Crippen MR) is 115 cm³/mol. The van der Waals surface area contributed by atoms with E-state index in [9.17, 15) is 4.79 Å². The molecule has 156 valence electrons. The van der Waals surface area contributed by atoms with E-state index in [0.29, 0.717) is 30.5 Å². The van der Waals surface area contributed by atoms with Gasteiger partial charge in [0.25, 0.3) is 11.8 Å². The Morgan fingerprint density at radius 1 is 1.17 bits per heavy atom. The third-order valence-electron chi connectivity index (χ3n) is 5.18. The lowest BCUT2D eigenvalue weighted by molar-refractivity contribution is 0.0518. The fourth-order valence-corrected chi connectivity index (χ4v) is 3.66. The zero-order valence-corrected chi connectivity index (χ0v) is 17.5. The molecule has 1 atom stereocenters. The number of aryl methyl sites for hydroxylation is 1. The van der Waals surface area contributed by atoms with E-state index in [1.165, 1.54) is 0 Å². The molecule has 4 rings (SSSR count). The number of hydrogen-bond acceptors (Lipinski definition) is 6. The van der Waals surface area contributed by atoms with E-state index in [4.69, 9.17) is 4.74 Å². The van der Waals surface area contributed by atoms with Crippen LogP contribution in [0.1, 0.15) is 23.3 Å². The Bertz CT molecular complexity index is 1020. The summed E-state index contributed by atoms with van der Waals surface area (Å²) >= 11 is 0. The maximum Gasteiger partial charge on any atom is 0.272 e. The SMILES string of the molecule is CN(C)c1nccnc1OC1CCCN(C(=O)c2cc(-c3ccccc3)nn2C)C1. The Labute approximate surface area is 176 Å². The van der Waals surface area contributed by atoms with Crippen LogP contribution < -0.4 is 9.64 Å². The summed E-state index contributed by atoms with van der Waals surface area (Å²) in [5.74, 6) is 1.14. The number of aromatic nitrogens is 4. The number of benzene rings is 1. The van der Waals surface area contributed by atoms with Crippen LogP contribution >= 0.6 is 0 Å². The summed E-state index contributed by atoms with van der Waals surface area (Å²) < 4.78 is 7.79. The highest BCUT2D eigenvalue weighted by Gasteiger charge is 2.28. The van der Waals surface area contributed by atoms with Gasteiger partial charge in [0.15, 0.2) is 5.82 Å². The summed E-state index contributed by atoms with van der Waals surface area (Å²) in [4.78, 5) is 25.6. The normalized spacial score (nSPS) is 16.4. The average Bonchev–Trinajstić information content (AvgIpc) is 3.16. The Hall–Kier alpha value is -3.42. The molecule has 1 saturated heterocycles. The van der Waals surface area contributed by atoms with Gasteiger partial charge in [-0.25, -0.2) is 9.97 Å². The van der Waals surface area contributed by atoms with Crippen LogP contribution in [0.5, 0.6) is 5.88 Å². The summed E-state index contributed by atoms with van der Waals surface area (Å²) in [6.07, 6.45) is 4.88. The molecule has 0 radical (unpaired) electrons. The molecule has 1 aliphatic heterocycles. The Morgan fingerprint density at radius 2 is 1.93 bits per heavy atom. The van der Waals surface area contributed by atoms with Gasteiger partial charge in [0.1, 0.15) is 11.8 Å². The van der Waals surface area contributed by atoms with Gasteiger partial charge in [0.05, 0.1) is 12.2 Å². The van der Waals surface area contributed by atoms with Crippen molar-refractivity contribution < 1.29 is 9.53 Å². The number of anilines is 1. The van der Waals surface area contributed by atoms with Crippen molar-refractivity contribution in [2.45, 2.75) is 18.9 Å². The van der Waals surface area contributed by atoms with Crippen LogP contribution in [0.2, 0.25) is 0 Å². The molecule has 1 unspecified atom stereocenters. The molecule has 1 fully saturated rings. The molecule has 3 aromatic rings. The largest absolute Gasteiger partial charge is 0.470 e. The summed E-state index contributed by atoms with van der Waals surface area (Å²) in [5.41, 5.74) is 2.36. The molecule has 8 nitrogen and oxygen atoms in total. The van der Waals surface area contributed by atoms with Gasteiger partial charge in [-0.05, 0) is 18.9 Å². The quantitative estimate of drug-likeness (QED) is 0.648. The van der Waals surface area contributed by atoms with Crippen LogP contribution in [0.4, 0.5) is 5.82 Å². The third-order valence-corrected chi connectivity index (χ3v) is 5.18. The molecule has 1 amide bonds. The minimum atomic E-state index is -0.125. The number of likely N-dealkylation sites (tertiary alicyclic amines) is 1. The van der Waals surface area contributed by atoms with E-state index >= 15 is 0 Å². The number of ether oxygens (including phenoxy) is 1. The van der Waals surface area contributed by atoms with E-state index < -0.39 is 0 Å². The van der Waals surface area contributed by atoms with Crippen LogP contribution in [0.3, 0.4) is 0 Å². The van der Waals surface area contributed by atoms with E-state index in [2.05, 4.69) is 15.1 Å². The minimum Gasteiger partial charge on any atom is -0.470 e. The summed E-state index contributed by atoms with van der Waals surface area (Å²) in [7, 11) is 5.61. The van der Waals surface area contributed by atoms with Gasteiger partial charge in [0.2, 0.25) is 0 Å². The van der Waals surface area contributed by atoms with Crippen LogP contribution in [-0.2, 0) is 7.05 Å². The number of rotatable bonds is 5. The molecule has 3 heterocycles. The molecule has 2 aromatic heterocycles. The lowest BCUT2D eigenvalue weighted by Crippen LogP contribution is -2.45. The van der Waals surface area contributed by atoms with Crippen LogP contribution in [0.25, 0.3) is 11.3 Å². The van der Waals surface area contributed by atoms with Gasteiger partial charge in [-0.2, -0.15) is 5.10 Å². The fourth-order valence-electron chi connectivity index (χ4n) is 3.66. The molecule has 0 bridgehead atoms. The molecule has 0 N–H and O–H groups in total. The van der Waals surface area contributed by atoms with Crippen LogP contribution in [-0.4, -0.2) is 63.8 Å². The molecular formula is C22H26N6O2. The average molecular weight is 406 g/mol. The zero-order valence-electron chi connectivity index (χ0n) is 17.5. The van der Waals surface area contributed by atoms with Crippen LogP contribution in [0.15, 0.2) is 48.8 Å². The predicted octanol–water partition coefficient (Wildman–Crippen LogP) is 2.63. The molecule has 0 saturated carbocycles. The maximum absolute atomic E-state index is 13.2. The van der Waals surface area contributed by atoms with E-state index in [1.54, 1.807) is 24.1 Å². The monoisotopic (exact) mass is 406 g/mol. The van der Waals surface area contributed by atoms with E-state index in [1.807, 2.05) is 60.3 Å². The lowest BCUT2D eigenvalue weighted by Gasteiger charge is -2.33. The van der Waals surface area contributed by atoms with Crippen molar-refractivity contribution in [3.05, 3.63) is 54.5 Å². The van der Waals surface area contributed by atoms with Gasteiger partial charge >= 0.3 is 0 Å². The third kappa shape index (κ3) is 4.12. The highest BCUT2D eigenvalue weighted by atomic mass is 16.5. The summed E-state index contributed by atoms with van der Waals surface area (Å²) in [6, 6.07) is 11.7. The number of piperidine rings is 1. The Kier molecular flexibility index (Phi) is 5.65. The molecule has 0 spiro atoms. The number of amides is 1. The highest BCUT2D eigenvalue weighted by Crippen LogP contribution is 2.25. The lowest BCUT2D eigenvalue weighted by atomic mass is 10.1. The number of nitrogens with zero attached hydrogens (tertiary/aromatic N) is 6. The summed E-state index contributed by atoms with van der Waals surface area (Å²) in [5, 5.41) is 4.53. The first-order valence-corrected chi connectivity index (χ1v) is 10.1. The van der Waals surface area contributed by atoms with Crippen molar-refractivity contribution in [1.29, 1.82) is 0 Å². The second-order valence-corrected chi connectivity index (χ2v) is 7.62. The number of hydrogen-bond donors (Lipinski definition) is 0. The molecule has 1 aromatic carbocycles. The topological polar surface area (TPSA) is 76.4 Å². The van der Waals surface area contributed by atoms with Crippen molar-refractivity contribution >= 4 is 11.7 Å². The number of carbonyl (C=O) groups excluding carboxylic acids is 1. The van der Waals surface area contributed by atoms with Crippen molar-refractivity contribution in [3.63, 3.8) is 0 Å². The maximum atomic E-state index is 13.2. The fraction of sp³-hybridized carbons (Fsp3) is 0.364. The van der Waals surface area contributed by atoms with Gasteiger partial charge in [-0.1, -0.05) is 30.3 Å². The van der Waals surface area contributed by atoms with Crippen molar-refractivity contribution in [1.82, 2.24) is 24.6 Å². The molecule has 8 heteroatoms. The molecule has 1 aliphatic rings. The van der Waals surface area contributed by atoms with Gasteiger partial charge in [-0.15, -0.1) is 0 Å².